The number of Topliss-reactive ketones (excluding diaryl/α,β-unsaturated/α-hetero) is 1. The first-order chi connectivity index (χ1) is 2.94. The Bertz CT molecular complexity index is 85.4. The number of rotatable bonds is 1. The second-order valence-electron chi connectivity index (χ2n) is 1.05. The maximum atomic E-state index is 11.4. The fraction of sp³-hybridized carbons (Fsp3) is 0.667. The van der Waals surface area contributed by atoms with E-state index in [1.807, 2.05) is 15.9 Å². The van der Waals surface area contributed by atoms with E-state index in [9.17, 15) is 13.6 Å². The molecule has 4 heteroatoms. The number of halogens is 3. The molecule has 0 saturated carbocycles. The van der Waals surface area contributed by atoms with Crippen LogP contribution in [0.4, 0.5) is 8.78 Å². The van der Waals surface area contributed by atoms with Crippen molar-refractivity contribution in [2.45, 2.75) is 11.8 Å². The minimum Gasteiger partial charge on any atom is -0.292 e. The minimum atomic E-state index is -3.33. The maximum absolute atomic E-state index is 11.4. The molecule has 0 bridgehead atoms. The number of hydrogen-bond donors (Lipinski definition) is 0. The van der Waals surface area contributed by atoms with Crippen molar-refractivity contribution in [1.82, 2.24) is 0 Å². The molecule has 0 aromatic heterocycles. The van der Waals surface area contributed by atoms with Crippen LogP contribution in [0.25, 0.3) is 0 Å². The zero-order valence-corrected chi connectivity index (χ0v) is 5.13. The Morgan fingerprint density at radius 3 is 1.86 bits per heavy atom. The van der Waals surface area contributed by atoms with Gasteiger partial charge in [0.05, 0.1) is 0 Å². The Balaban J connectivity index is 3.79. The Kier molecular flexibility index (Phi) is 1.86. The Labute approximate surface area is 47.8 Å². The van der Waals surface area contributed by atoms with Crippen molar-refractivity contribution in [3.8, 4) is 0 Å². The van der Waals surface area contributed by atoms with Crippen LogP contribution in [0, 0.1) is 0 Å². The highest BCUT2D eigenvalue weighted by Crippen LogP contribution is 2.21. The van der Waals surface area contributed by atoms with E-state index in [2.05, 4.69) is 0 Å². The maximum Gasteiger partial charge on any atom is 0.358 e. The largest absolute Gasteiger partial charge is 0.358 e. The molecule has 0 spiro atoms. The van der Waals surface area contributed by atoms with Gasteiger partial charge in [0.2, 0.25) is 5.78 Å². The van der Waals surface area contributed by atoms with Gasteiger partial charge in [-0.3, -0.25) is 4.79 Å². The third-order valence-electron chi connectivity index (χ3n) is 0.399. The zero-order valence-electron chi connectivity index (χ0n) is 3.54. The molecule has 0 unspecified atom stereocenters. The SMILES string of the molecule is CC(=O)C(F)(F)Br. The van der Waals surface area contributed by atoms with Gasteiger partial charge in [0.25, 0.3) is 0 Å². The summed E-state index contributed by atoms with van der Waals surface area (Å²) in [7, 11) is 0. The molecule has 0 aliphatic heterocycles. The lowest BCUT2D eigenvalue weighted by molar-refractivity contribution is -0.129. The molecular weight excluding hydrogens is 170 g/mol. The average molecular weight is 173 g/mol. The van der Waals surface area contributed by atoms with Crippen LogP contribution in [0.2, 0.25) is 0 Å². The molecule has 0 atom stereocenters. The van der Waals surface area contributed by atoms with Gasteiger partial charge in [-0.15, -0.1) is 0 Å². The van der Waals surface area contributed by atoms with E-state index in [-0.39, 0.29) is 0 Å². The Hall–Kier alpha value is 0.01000. The standard InChI is InChI=1S/C3H3BrF2O/c1-2(7)3(4,5)6/h1H3. The summed E-state index contributed by atoms with van der Waals surface area (Å²) >= 11 is 1.86. The Morgan fingerprint density at radius 1 is 1.71 bits per heavy atom. The minimum absolute atomic E-state index is 0.814. The molecule has 0 heterocycles. The van der Waals surface area contributed by atoms with Crippen LogP contribution in [-0.2, 0) is 4.79 Å². The predicted molar refractivity (Wildman–Crippen MR) is 24.6 cm³/mol. The molecule has 0 radical (unpaired) electrons. The van der Waals surface area contributed by atoms with Gasteiger partial charge in [-0.25, -0.2) is 0 Å². The second-order valence-corrected chi connectivity index (χ2v) is 2.05. The topological polar surface area (TPSA) is 17.1 Å². The van der Waals surface area contributed by atoms with Crippen LogP contribution in [0.15, 0.2) is 0 Å². The van der Waals surface area contributed by atoms with Crippen LogP contribution in [0.5, 0.6) is 0 Å². The van der Waals surface area contributed by atoms with E-state index in [4.69, 9.17) is 0 Å². The lowest BCUT2D eigenvalue weighted by Crippen LogP contribution is -2.15. The van der Waals surface area contributed by atoms with Crippen LogP contribution in [-0.4, -0.2) is 10.6 Å². The fourth-order valence-corrected chi connectivity index (χ4v) is 0. The smallest absolute Gasteiger partial charge is 0.292 e. The fourth-order valence-electron chi connectivity index (χ4n) is 0. The number of hydrogen-bond acceptors (Lipinski definition) is 1. The van der Waals surface area contributed by atoms with Crippen molar-refractivity contribution in [2.75, 3.05) is 0 Å². The summed E-state index contributed by atoms with van der Waals surface area (Å²) in [4.78, 5) is 6.34. The normalized spacial score (nSPS) is 11.4. The van der Waals surface area contributed by atoms with Gasteiger partial charge in [-0.1, -0.05) is 0 Å². The molecule has 0 N–H and O–H groups in total. The molecule has 0 aromatic rings. The van der Waals surface area contributed by atoms with Crippen molar-refractivity contribution in [1.29, 1.82) is 0 Å². The van der Waals surface area contributed by atoms with Gasteiger partial charge in [-0.05, 0) is 15.9 Å². The van der Waals surface area contributed by atoms with Gasteiger partial charge in [0, 0.05) is 6.92 Å². The molecule has 0 aliphatic rings. The van der Waals surface area contributed by atoms with Gasteiger partial charge in [0.15, 0.2) is 0 Å². The zero-order chi connectivity index (χ0) is 6.08. The van der Waals surface area contributed by atoms with Gasteiger partial charge in [0.1, 0.15) is 0 Å². The molecule has 7 heavy (non-hydrogen) atoms. The Morgan fingerprint density at radius 2 is 1.86 bits per heavy atom. The van der Waals surface area contributed by atoms with Crippen LogP contribution in [0.3, 0.4) is 0 Å². The predicted octanol–water partition coefficient (Wildman–Crippen LogP) is 1.56. The van der Waals surface area contributed by atoms with Crippen molar-refractivity contribution in [3.05, 3.63) is 0 Å². The van der Waals surface area contributed by atoms with Crippen molar-refractivity contribution >= 4 is 21.7 Å². The van der Waals surface area contributed by atoms with Crippen LogP contribution in [0.1, 0.15) is 6.92 Å². The summed E-state index contributed by atoms with van der Waals surface area (Å²) < 4.78 is 22.8. The number of carbonyl (C=O) groups is 1. The summed E-state index contributed by atoms with van der Waals surface area (Å²) in [6.07, 6.45) is 0. The average Bonchev–Trinajstić information content (AvgIpc) is 1.31. The molecule has 0 saturated heterocycles. The van der Waals surface area contributed by atoms with E-state index in [1.165, 1.54) is 0 Å². The van der Waals surface area contributed by atoms with Crippen molar-refractivity contribution < 1.29 is 13.6 Å². The summed E-state index contributed by atoms with van der Waals surface area (Å²) in [6, 6.07) is 0. The van der Waals surface area contributed by atoms with Crippen molar-refractivity contribution in [3.63, 3.8) is 0 Å². The summed E-state index contributed by atoms with van der Waals surface area (Å²) in [5.74, 6) is -1.17. The molecular formula is C3H3BrF2O. The highest BCUT2D eigenvalue weighted by atomic mass is 79.9. The highest BCUT2D eigenvalue weighted by Gasteiger charge is 2.29. The van der Waals surface area contributed by atoms with Crippen LogP contribution >= 0.6 is 15.9 Å². The summed E-state index contributed by atoms with van der Waals surface area (Å²) in [5, 5.41) is 0. The number of carbonyl (C=O) groups excluding carboxylic acids is 1. The third kappa shape index (κ3) is 2.68. The summed E-state index contributed by atoms with van der Waals surface area (Å²) in [5.41, 5.74) is 0. The molecule has 42 valence electrons. The first-order valence-corrected chi connectivity index (χ1v) is 2.31. The lowest BCUT2D eigenvalue weighted by atomic mass is 10.5. The van der Waals surface area contributed by atoms with Crippen molar-refractivity contribution in [2.24, 2.45) is 0 Å². The second kappa shape index (κ2) is 1.86. The molecule has 0 aromatic carbocycles. The van der Waals surface area contributed by atoms with Gasteiger partial charge >= 0.3 is 4.83 Å². The lowest BCUT2D eigenvalue weighted by Gasteiger charge is -1.98. The number of ketones is 1. The molecule has 0 rings (SSSR count). The molecule has 1 nitrogen and oxygen atoms in total. The van der Waals surface area contributed by atoms with Crippen LogP contribution < -0.4 is 0 Å². The first kappa shape index (κ1) is 7.01. The first-order valence-electron chi connectivity index (χ1n) is 1.52. The molecule has 0 aliphatic carbocycles. The van der Waals surface area contributed by atoms with Gasteiger partial charge < -0.3 is 0 Å². The number of alkyl halides is 3. The van der Waals surface area contributed by atoms with E-state index in [1.54, 1.807) is 0 Å². The van der Waals surface area contributed by atoms with E-state index in [0.29, 0.717) is 0 Å². The monoisotopic (exact) mass is 172 g/mol. The van der Waals surface area contributed by atoms with E-state index < -0.39 is 10.6 Å². The summed E-state index contributed by atoms with van der Waals surface area (Å²) in [6.45, 7) is 0.814. The van der Waals surface area contributed by atoms with Gasteiger partial charge in [-0.2, -0.15) is 8.78 Å². The molecule has 0 amide bonds. The van der Waals surface area contributed by atoms with E-state index >= 15 is 0 Å². The van der Waals surface area contributed by atoms with E-state index in [0.717, 1.165) is 6.92 Å². The molecule has 0 fully saturated rings. The third-order valence-corrected chi connectivity index (χ3v) is 0.958. The highest BCUT2D eigenvalue weighted by molar-refractivity contribution is 9.10. The quantitative estimate of drug-likeness (QED) is 0.550.